The summed E-state index contributed by atoms with van der Waals surface area (Å²) in [5.41, 5.74) is 2.95. The average molecular weight is 255 g/mol. The lowest BCUT2D eigenvalue weighted by Gasteiger charge is -2.27. The quantitative estimate of drug-likeness (QED) is 0.672. The van der Waals surface area contributed by atoms with Crippen molar-refractivity contribution in [3.05, 3.63) is 17.0 Å². The van der Waals surface area contributed by atoms with E-state index in [1.54, 1.807) is 0 Å². The van der Waals surface area contributed by atoms with E-state index in [4.69, 9.17) is 5.11 Å². The van der Waals surface area contributed by atoms with Gasteiger partial charge in [-0.15, -0.1) is 0 Å². The summed E-state index contributed by atoms with van der Waals surface area (Å²) in [6.07, 6.45) is 0.867. The van der Waals surface area contributed by atoms with Crippen molar-refractivity contribution in [1.29, 1.82) is 0 Å². The van der Waals surface area contributed by atoms with Gasteiger partial charge in [0.25, 0.3) is 0 Å². The number of nitrogens with one attached hydrogen (secondary N) is 1. The number of aliphatic hydroxyl groups is 2. The third kappa shape index (κ3) is 3.31. The van der Waals surface area contributed by atoms with Gasteiger partial charge in [0.2, 0.25) is 0 Å². The highest BCUT2D eigenvalue weighted by atomic mass is 16.3. The number of nitrogens with zero attached hydrogens (tertiary/aromatic N) is 2. The molecular weight excluding hydrogens is 230 g/mol. The molecule has 1 aromatic rings. The van der Waals surface area contributed by atoms with Crippen LogP contribution in [0.25, 0.3) is 0 Å². The van der Waals surface area contributed by atoms with Crippen molar-refractivity contribution in [2.45, 2.75) is 52.7 Å². The predicted molar refractivity (Wildman–Crippen MR) is 71.4 cm³/mol. The van der Waals surface area contributed by atoms with Gasteiger partial charge >= 0.3 is 0 Å². The fraction of sp³-hybridized carbons (Fsp3) is 0.769. The summed E-state index contributed by atoms with van der Waals surface area (Å²) in [6.45, 7) is 9.47. The van der Waals surface area contributed by atoms with Gasteiger partial charge < -0.3 is 15.5 Å². The van der Waals surface area contributed by atoms with Crippen molar-refractivity contribution in [2.75, 3.05) is 13.2 Å². The van der Waals surface area contributed by atoms with Gasteiger partial charge in [0.05, 0.1) is 25.5 Å². The maximum absolute atomic E-state index is 9.37. The zero-order valence-corrected chi connectivity index (χ0v) is 11.8. The standard InChI is InChI=1S/C13H25N3O2/c1-5-13(4,9-18)14-8-12-10(2)15-16(6-7-17)11(12)3/h14,17-18H,5-9H2,1-4H3. The van der Waals surface area contributed by atoms with Crippen LogP contribution in [0.5, 0.6) is 0 Å². The van der Waals surface area contributed by atoms with E-state index >= 15 is 0 Å². The first-order chi connectivity index (χ1) is 8.47. The number of aliphatic hydroxyl groups excluding tert-OH is 2. The Labute approximate surface area is 109 Å². The minimum absolute atomic E-state index is 0.0954. The fourth-order valence-electron chi connectivity index (χ4n) is 1.90. The van der Waals surface area contributed by atoms with Gasteiger partial charge in [0.15, 0.2) is 0 Å². The number of aryl methyl sites for hydroxylation is 1. The first-order valence-corrected chi connectivity index (χ1v) is 6.47. The van der Waals surface area contributed by atoms with Crippen molar-refractivity contribution < 1.29 is 10.2 Å². The van der Waals surface area contributed by atoms with Crippen LogP contribution >= 0.6 is 0 Å². The Bertz CT molecular complexity index is 384. The lowest BCUT2D eigenvalue weighted by molar-refractivity contribution is 0.168. The first kappa shape index (κ1) is 15.1. The van der Waals surface area contributed by atoms with Crippen molar-refractivity contribution in [2.24, 2.45) is 0 Å². The summed E-state index contributed by atoms with van der Waals surface area (Å²) >= 11 is 0. The van der Waals surface area contributed by atoms with Gasteiger partial charge in [-0.1, -0.05) is 6.92 Å². The highest BCUT2D eigenvalue weighted by molar-refractivity contribution is 5.24. The molecule has 5 nitrogen and oxygen atoms in total. The molecular formula is C13H25N3O2. The largest absolute Gasteiger partial charge is 0.394 e. The molecule has 18 heavy (non-hydrogen) atoms. The van der Waals surface area contributed by atoms with E-state index in [-0.39, 0.29) is 18.8 Å². The monoisotopic (exact) mass is 255 g/mol. The zero-order valence-electron chi connectivity index (χ0n) is 11.8. The van der Waals surface area contributed by atoms with Crippen LogP contribution in [0.2, 0.25) is 0 Å². The van der Waals surface area contributed by atoms with Crippen LogP contribution in [0.3, 0.4) is 0 Å². The van der Waals surface area contributed by atoms with E-state index < -0.39 is 0 Å². The van der Waals surface area contributed by atoms with Gasteiger partial charge in [0.1, 0.15) is 0 Å². The molecule has 0 aliphatic carbocycles. The molecule has 0 amide bonds. The van der Waals surface area contributed by atoms with Crippen molar-refractivity contribution in [3.8, 4) is 0 Å². The molecule has 0 aliphatic rings. The van der Waals surface area contributed by atoms with Gasteiger partial charge in [-0.2, -0.15) is 5.10 Å². The van der Waals surface area contributed by atoms with Crippen LogP contribution in [0.4, 0.5) is 0 Å². The SMILES string of the molecule is CCC(C)(CO)NCc1c(C)nn(CCO)c1C. The lowest BCUT2D eigenvalue weighted by atomic mass is 9.99. The van der Waals surface area contributed by atoms with Gasteiger partial charge in [-0.25, -0.2) is 0 Å². The van der Waals surface area contributed by atoms with Crippen LogP contribution < -0.4 is 5.32 Å². The summed E-state index contributed by atoms with van der Waals surface area (Å²) in [4.78, 5) is 0. The van der Waals surface area contributed by atoms with Crippen LogP contribution in [0, 0.1) is 13.8 Å². The summed E-state index contributed by atoms with van der Waals surface area (Å²) in [5, 5.41) is 26.1. The molecule has 5 heteroatoms. The second-order valence-corrected chi connectivity index (χ2v) is 5.02. The molecule has 0 aromatic carbocycles. The van der Waals surface area contributed by atoms with Crippen molar-refractivity contribution in [3.63, 3.8) is 0 Å². The summed E-state index contributed by atoms with van der Waals surface area (Å²) < 4.78 is 1.83. The lowest BCUT2D eigenvalue weighted by Crippen LogP contribution is -2.44. The minimum atomic E-state index is -0.252. The maximum atomic E-state index is 9.37. The van der Waals surface area contributed by atoms with E-state index in [0.29, 0.717) is 13.1 Å². The molecule has 1 aromatic heterocycles. The topological polar surface area (TPSA) is 70.3 Å². The van der Waals surface area contributed by atoms with E-state index in [2.05, 4.69) is 17.3 Å². The smallest absolute Gasteiger partial charge is 0.0644 e. The average Bonchev–Trinajstić information content (AvgIpc) is 2.63. The summed E-state index contributed by atoms with van der Waals surface area (Å²) in [6, 6.07) is 0. The molecule has 0 fully saturated rings. The number of hydrogen-bond acceptors (Lipinski definition) is 4. The van der Waals surface area contributed by atoms with E-state index in [1.165, 1.54) is 0 Å². The second kappa shape index (κ2) is 6.31. The van der Waals surface area contributed by atoms with Crippen LogP contribution in [0.15, 0.2) is 0 Å². The molecule has 1 rings (SSSR count). The number of hydrogen-bond donors (Lipinski definition) is 3. The third-order valence-electron chi connectivity index (χ3n) is 3.66. The number of aromatic nitrogens is 2. The molecule has 1 heterocycles. The van der Waals surface area contributed by atoms with Gasteiger partial charge in [-0.3, -0.25) is 4.68 Å². The molecule has 0 bridgehead atoms. The molecule has 104 valence electrons. The summed E-state index contributed by atoms with van der Waals surface area (Å²) in [5.74, 6) is 0. The molecule has 1 atom stereocenters. The van der Waals surface area contributed by atoms with Crippen molar-refractivity contribution >= 4 is 0 Å². The Kier molecular flexibility index (Phi) is 5.31. The van der Waals surface area contributed by atoms with Gasteiger partial charge in [0, 0.05) is 23.3 Å². The first-order valence-electron chi connectivity index (χ1n) is 6.47. The highest BCUT2D eigenvalue weighted by Gasteiger charge is 2.21. The van der Waals surface area contributed by atoms with E-state index in [1.807, 2.05) is 25.5 Å². The molecule has 0 saturated heterocycles. The normalized spacial score (nSPS) is 14.8. The molecule has 3 N–H and O–H groups in total. The number of rotatable bonds is 7. The Morgan fingerprint density at radius 1 is 1.33 bits per heavy atom. The molecule has 0 saturated carbocycles. The van der Waals surface area contributed by atoms with Crippen LogP contribution in [-0.2, 0) is 13.1 Å². The third-order valence-corrected chi connectivity index (χ3v) is 3.66. The Balaban J connectivity index is 2.79. The van der Waals surface area contributed by atoms with E-state index in [0.717, 1.165) is 23.4 Å². The summed E-state index contributed by atoms with van der Waals surface area (Å²) in [7, 11) is 0. The van der Waals surface area contributed by atoms with Crippen LogP contribution in [0.1, 0.15) is 37.2 Å². The second-order valence-electron chi connectivity index (χ2n) is 5.02. The van der Waals surface area contributed by atoms with Gasteiger partial charge in [-0.05, 0) is 27.2 Å². The van der Waals surface area contributed by atoms with E-state index in [9.17, 15) is 5.11 Å². The molecule has 1 unspecified atom stereocenters. The minimum Gasteiger partial charge on any atom is -0.394 e. The molecule has 0 spiro atoms. The Morgan fingerprint density at radius 2 is 2.00 bits per heavy atom. The maximum Gasteiger partial charge on any atom is 0.0644 e. The van der Waals surface area contributed by atoms with Crippen LogP contribution in [-0.4, -0.2) is 38.7 Å². The van der Waals surface area contributed by atoms with Crippen molar-refractivity contribution in [1.82, 2.24) is 15.1 Å². The zero-order chi connectivity index (χ0) is 13.8. The highest BCUT2D eigenvalue weighted by Crippen LogP contribution is 2.15. The molecule has 0 aliphatic heterocycles. The molecule has 0 radical (unpaired) electrons. The Hall–Kier alpha value is -0.910. The Morgan fingerprint density at radius 3 is 2.50 bits per heavy atom. The fourth-order valence-corrected chi connectivity index (χ4v) is 1.90. The predicted octanol–water partition coefficient (Wildman–Crippen LogP) is 0.743.